The summed E-state index contributed by atoms with van der Waals surface area (Å²) in [5.74, 6) is -3.29. The zero-order chi connectivity index (χ0) is 17.6. The van der Waals surface area contributed by atoms with E-state index < -0.39 is 12.0 Å². The first kappa shape index (κ1) is 16.5. The maximum Gasteiger partial charge on any atom is 0.298 e. The second kappa shape index (κ2) is 5.64. The minimum absolute atomic E-state index is 0.0811. The van der Waals surface area contributed by atoms with Gasteiger partial charge in [0.2, 0.25) is 5.28 Å². The molecule has 24 heavy (non-hydrogen) atoms. The third-order valence-corrected chi connectivity index (χ3v) is 3.95. The van der Waals surface area contributed by atoms with Crippen molar-refractivity contribution < 1.29 is 13.9 Å². The van der Waals surface area contributed by atoms with Gasteiger partial charge >= 0.3 is 0 Å². The third-order valence-electron chi connectivity index (χ3n) is 3.79. The van der Waals surface area contributed by atoms with E-state index in [0.717, 1.165) is 12.5 Å². The monoisotopic (exact) mass is 353 g/mol. The van der Waals surface area contributed by atoms with Crippen molar-refractivity contribution >= 4 is 23.1 Å². The molecule has 0 aliphatic heterocycles. The van der Waals surface area contributed by atoms with Crippen LogP contribution in [0.2, 0.25) is 5.28 Å². The molecule has 0 saturated heterocycles. The van der Waals surface area contributed by atoms with E-state index in [2.05, 4.69) is 15.1 Å². The SMILES string of the molecule is Cc1ccc(C(F)(F)C(C)O)cc1-c1cnc2c(N)nc(Cl)nn12. The Balaban J connectivity index is 2.24. The van der Waals surface area contributed by atoms with Gasteiger partial charge in [-0.05, 0) is 37.1 Å². The molecule has 3 N–H and O–H groups in total. The molecule has 126 valence electrons. The Kier molecular flexibility index (Phi) is 3.89. The summed E-state index contributed by atoms with van der Waals surface area (Å²) in [6.45, 7) is 2.81. The van der Waals surface area contributed by atoms with Crippen molar-refractivity contribution in [2.45, 2.75) is 25.9 Å². The minimum atomic E-state index is -3.38. The fourth-order valence-corrected chi connectivity index (χ4v) is 2.57. The zero-order valence-corrected chi connectivity index (χ0v) is 13.6. The first-order chi connectivity index (χ1) is 11.2. The van der Waals surface area contributed by atoms with E-state index in [9.17, 15) is 13.9 Å². The van der Waals surface area contributed by atoms with E-state index in [0.29, 0.717) is 11.3 Å². The number of aliphatic hydroxyl groups is 1. The van der Waals surface area contributed by atoms with Crippen LogP contribution in [-0.4, -0.2) is 30.8 Å². The Morgan fingerprint density at radius 2 is 2.08 bits per heavy atom. The van der Waals surface area contributed by atoms with E-state index in [1.807, 2.05) is 0 Å². The summed E-state index contributed by atoms with van der Waals surface area (Å²) in [6, 6.07) is 4.13. The number of anilines is 1. The number of nitrogen functional groups attached to an aromatic ring is 1. The van der Waals surface area contributed by atoms with Gasteiger partial charge < -0.3 is 10.8 Å². The molecule has 2 aromatic heterocycles. The van der Waals surface area contributed by atoms with E-state index in [-0.39, 0.29) is 22.3 Å². The molecule has 0 bridgehead atoms. The maximum absolute atomic E-state index is 14.1. The Hall–Kier alpha value is -2.32. The van der Waals surface area contributed by atoms with E-state index in [1.54, 1.807) is 13.0 Å². The Morgan fingerprint density at radius 1 is 1.38 bits per heavy atom. The number of fused-ring (bicyclic) bond motifs is 1. The highest BCUT2D eigenvalue weighted by Gasteiger charge is 2.37. The molecule has 3 rings (SSSR count). The molecule has 0 amide bonds. The Labute approximate surface area is 140 Å². The molecule has 1 aromatic carbocycles. The maximum atomic E-state index is 14.1. The summed E-state index contributed by atoms with van der Waals surface area (Å²) in [6.07, 6.45) is -0.355. The van der Waals surface area contributed by atoms with E-state index in [4.69, 9.17) is 17.3 Å². The van der Waals surface area contributed by atoms with Crippen LogP contribution in [0, 0.1) is 6.92 Å². The van der Waals surface area contributed by atoms with Gasteiger partial charge in [0.05, 0.1) is 11.9 Å². The van der Waals surface area contributed by atoms with Gasteiger partial charge in [-0.25, -0.2) is 9.50 Å². The van der Waals surface area contributed by atoms with Crippen LogP contribution in [-0.2, 0) is 5.92 Å². The lowest BCUT2D eigenvalue weighted by molar-refractivity contribution is -0.106. The predicted molar refractivity (Wildman–Crippen MR) is 86.0 cm³/mol. The van der Waals surface area contributed by atoms with E-state index >= 15 is 0 Å². The second-order valence-corrected chi connectivity index (χ2v) is 5.81. The van der Waals surface area contributed by atoms with Crippen LogP contribution in [0.3, 0.4) is 0 Å². The first-order valence-electron chi connectivity index (χ1n) is 7.06. The fraction of sp³-hybridized carbons (Fsp3) is 0.267. The highest BCUT2D eigenvalue weighted by atomic mass is 35.5. The standard InChI is InChI=1S/C15H14ClF2N5O/c1-7-3-4-9(15(17,18)8(2)24)5-10(7)11-6-20-13-12(19)21-14(16)22-23(11)13/h3-6,8,24H,1-2H3,(H2,19,21,22). The van der Waals surface area contributed by atoms with Crippen molar-refractivity contribution in [3.63, 3.8) is 0 Å². The number of aryl methyl sites for hydroxylation is 1. The van der Waals surface area contributed by atoms with Crippen LogP contribution in [0.15, 0.2) is 24.4 Å². The average Bonchev–Trinajstić information content (AvgIpc) is 2.91. The second-order valence-electron chi connectivity index (χ2n) is 5.47. The summed E-state index contributed by atoms with van der Waals surface area (Å²) < 4.78 is 29.6. The molecule has 1 atom stereocenters. The van der Waals surface area contributed by atoms with Crippen LogP contribution in [0.5, 0.6) is 0 Å². The largest absolute Gasteiger partial charge is 0.387 e. The molecule has 0 fully saturated rings. The van der Waals surface area contributed by atoms with Crippen molar-refractivity contribution in [2.24, 2.45) is 0 Å². The lowest BCUT2D eigenvalue weighted by Gasteiger charge is -2.21. The van der Waals surface area contributed by atoms with Gasteiger partial charge in [0.25, 0.3) is 5.92 Å². The van der Waals surface area contributed by atoms with Gasteiger partial charge in [0.15, 0.2) is 11.5 Å². The molecule has 0 aliphatic rings. The van der Waals surface area contributed by atoms with Gasteiger partial charge in [-0.2, -0.15) is 13.8 Å². The zero-order valence-electron chi connectivity index (χ0n) is 12.8. The number of nitrogens with two attached hydrogens (primary N) is 1. The van der Waals surface area contributed by atoms with E-state index in [1.165, 1.54) is 22.8 Å². The van der Waals surface area contributed by atoms with Gasteiger partial charge in [-0.15, -0.1) is 5.10 Å². The Bertz CT molecular complexity index is 926. The lowest BCUT2D eigenvalue weighted by atomic mass is 9.97. The molecule has 0 spiro atoms. The number of rotatable bonds is 3. The van der Waals surface area contributed by atoms with Crippen LogP contribution in [0.4, 0.5) is 14.6 Å². The number of hydrogen-bond donors (Lipinski definition) is 2. The summed E-state index contributed by atoms with van der Waals surface area (Å²) in [5, 5.41) is 13.3. The number of alkyl halides is 2. The van der Waals surface area contributed by atoms with Crippen molar-refractivity contribution in [1.29, 1.82) is 0 Å². The number of aliphatic hydroxyl groups excluding tert-OH is 1. The smallest absolute Gasteiger partial charge is 0.298 e. The molecule has 6 nitrogen and oxygen atoms in total. The van der Waals surface area contributed by atoms with Crippen molar-refractivity contribution in [3.8, 4) is 11.3 Å². The molecular formula is C15H14ClF2N5O. The van der Waals surface area contributed by atoms with Gasteiger partial charge in [-0.3, -0.25) is 0 Å². The minimum Gasteiger partial charge on any atom is -0.387 e. The summed E-state index contributed by atoms with van der Waals surface area (Å²) in [4.78, 5) is 7.93. The molecule has 9 heteroatoms. The number of nitrogens with zero attached hydrogens (tertiary/aromatic N) is 4. The van der Waals surface area contributed by atoms with Gasteiger partial charge in [0.1, 0.15) is 6.10 Å². The van der Waals surface area contributed by atoms with Crippen molar-refractivity contribution in [3.05, 3.63) is 40.8 Å². The Morgan fingerprint density at radius 3 is 2.75 bits per heavy atom. The summed E-state index contributed by atoms with van der Waals surface area (Å²) in [5.41, 5.74) is 7.39. The number of benzene rings is 1. The number of imidazole rings is 1. The molecular weight excluding hydrogens is 340 g/mol. The van der Waals surface area contributed by atoms with Crippen LogP contribution < -0.4 is 5.73 Å². The topological polar surface area (TPSA) is 89.3 Å². The third kappa shape index (κ3) is 2.57. The lowest BCUT2D eigenvalue weighted by Crippen LogP contribution is -2.28. The van der Waals surface area contributed by atoms with Crippen LogP contribution in [0.1, 0.15) is 18.1 Å². The highest BCUT2D eigenvalue weighted by Crippen LogP contribution is 2.35. The van der Waals surface area contributed by atoms with Crippen molar-refractivity contribution in [2.75, 3.05) is 5.73 Å². The molecule has 0 saturated carbocycles. The number of halogens is 3. The predicted octanol–water partition coefficient (Wildman–Crippen LogP) is 2.81. The van der Waals surface area contributed by atoms with Gasteiger partial charge in [0, 0.05) is 11.1 Å². The normalized spacial score (nSPS) is 13.4. The fourth-order valence-electron chi connectivity index (χ4n) is 2.41. The van der Waals surface area contributed by atoms with Crippen molar-refractivity contribution in [1.82, 2.24) is 19.6 Å². The van der Waals surface area contributed by atoms with Gasteiger partial charge in [-0.1, -0.05) is 12.1 Å². The molecule has 1 unspecified atom stereocenters. The molecule has 2 heterocycles. The summed E-state index contributed by atoms with van der Waals surface area (Å²) in [7, 11) is 0. The average molecular weight is 354 g/mol. The molecule has 3 aromatic rings. The number of aromatic nitrogens is 4. The highest BCUT2D eigenvalue weighted by molar-refractivity contribution is 6.28. The molecule has 0 aliphatic carbocycles. The van der Waals surface area contributed by atoms with Crippen LogP contribution >= 0.6 is 11.6 Å². The molecule has 0 radical (unpaired) electrons. The number of hydrogen-bond acceptors (Lipinski definition) is 5. The first-order valence-corrected chi connectivity index (χ1v) is 7.43. The summed E-state index contributed by atoms with van der Waals surface area (Å²) >= 11 is 5.82. The quantitative estimate of drug-likeness (QED) is 0.755. The van der Waals surface area contributed by atoms with Crippen LogP contribution in [0.25, 0.3) is 16.9 Å².